The Morgan fingerprint density at radius 3 is 2.08 bits per heavy atom. The molecule has 0 bridgehead atoms. The van der Waals surface area contributed by atoms with Crippen molar-refractivity contribution in [1.29, 1.82) is 0 Å². The molecule has 4 aromatic rings. The van der Waals surface area contributed by atoms with E-state index < -0.39 is 0 Å². The van der Waals surface area contributed by atoms with Gasteiger partial charge in [0.25, 0.3) is 11.8 Å². The number of halogens is 1. The van der Waals surface area contributed by atoms with Gasteiger partial charge in [-0.15, -0.1) is 0 Å². The predicted molar refractivity (Wildman–Crippen MR) is 156 cm³/mol. The zero-order valence-corrected chi connectivity index (χ0v) is 23.0. The molecule has 2 unspecified atom stereocenters. The summed E-state index contributed by atoms with van der Waals surface area (Å²) >= 11 is 6.21. The molecule has 1 heterocycles. The lowest BCUT2D eigenvalue weighted by atomic mass is 9.84. The summed E-state index contributed by atoms with van der Waals surface area (Å²) in [4.78, 5) is 32.0. The Labute approximate surface area is 233 Å². The van der Waals surface area contributed by atoms with E-state index in [9.17, 15) is 9.59 Å². The molecule has 1 aromatic heterocycles. The van der Waals surface area contributed by atoms with Gasteiger partial charge in [0.1, 0.15) is 0 Å². The zero-order chi connectivity index (χ0) is 27.1. The van der Waals surface area contributed by atoms with Gasteiger partial charge >= 0.3 is 0 Å². The van der Waals surface area contributed by atoms with E-state index in [0.717, 1.165) is 17.4 Å². The van der Waals surface area contributed by atoms with Gasteiger partial charge in [-0.2, -0.15) is 0 Å². The third-order valence-corrected chi connectivity index (χ3v) is 8.55. The quantitative estimate of drug-likeness (QED) is 0.305. The number of H-pyrrole nitrogens is 1. The second kappa shape index (κ2) is 10.2. The SMILES string of the molecule is CN(C)CC1(c2ccc(C(=O)NC3Cc4ccccc4CC3NC(=O)c3ccc4c(Cl)c[nH]c4c3)cc2)CC1. The summed E-state index contributed by atoms with van der Waals surface area (Å²) in [7, 11) is 4.21. The van der Waals surface area contributed by atoms with Gasteiger partial charge in [-0.05, 0) is 80.7 Å². The standard InChI is InChI=1S/C32H33ClN4O2/c1-37(2)19-32(13-14-32)24-10-7-20(8-11-24)30(38)35-28-15-21-5-3-4-6-22(21)16-29(28)36-31(39)23-9-12-25-26(33)18-34-27(25)17-23/h3-12,17-18,28-29,34H,13-16,19H2,1-2H3,(H,35,38)(H,36,39). The number of nitrogens with zero attached hydrogens (tertiary/aromatic N) is 1. The van der Waals surface area contributed by atoms with Gasteiger partial charge in [-0.1, -0.05) is 54.1 Å². The molecule has 39 heavy (non-hydrogen) atoms. The molecule has 2 atom stereocenters. The number of hydrogen-bond acceptors (Lipinski definition) is 3. The van der Waals surface area contributed by atoms with Crippen molar-refractivity contribution in [2.45, 2.75) is 43.2 Å². The average Bonchev–Trinajstić information content (AvgIpc) is 3.62. The van der Waals surface area contributed by atoms with Crippen LogP contribution in [0.2, 0.25) is 5.02 Å². The second-order valence-corrected chi connectivity index (χ2v) is 11.7. The van der Waals surface area contributed by atoms with E-state index in [1.807, 2.05) is 36.4 Å². The van der Waals surface area contributed by atoms with Gasteiger partial charge in [0.15, 0.2) is 0 Å². The van der Waals surface area contributed by atoms with E-state index >= 15 is 0 Å². The first-order valence-corrected chi connectivity index (χ1v) is 13.9. The number of likely N-dealkylation sites (N-methyl/N-ethyl adjacent to an activating group) is 1. The van der Waals surface area contributed by atoms with Crippen molar-refractivity contribution in [1.82, 2.24) is 20.5 Å². The number of benzene rings is 3. The van der Waals surface area contributed by atoms with Gasteiger partial charge in [0, 0.05) is 40.2 Å². The fraction of sp³-hybridized carbons (Fsp3) is 0.312. The van der Waals surface area contributed by atoms with Crippen molar-refractivity contribution >= 4 is 34.3 Å². The summed E-state index contributed by atoms with van der Waals surface area (Å²) in [5.74, 6) is -0.295. The molecule has 2 aliphatic carbocycles. The van der Waals surface area contributed by atoms with Crippen LogP contribution in [0.4, 0.5) is 0 Å². The smallest absolute Gasteiger partial charge is 0.251 e. The van der Waals surface area contributed by atoms with Crippen molar-refractivity contribution in [3.63, 3.8) is 0 Å². The maximum atomic E-state index is 13.4. The van der Waals surface area contributed by atoms with E-state index in [-0.39, 0.29) is 29.3 Å². The minimum absolute atomic E-state index is 0.120. The van der Waals surface area contributed by atoms with Crippen molar-refractivity contribution in [3.8, 4) is 0 Å². The van der Waals surface area contributed by atoms with Crippen molar-refractivity contribution in [2.24, 2.45) is 0 Å². The largest absolute Gasteiger partial charge is 0.360 e. The van der Waals surface area contributed by atoms with Gasteiger partial charge < -0.3 is 20.5 Å². The number of rotatable bonds is 7. The van der Waals surface area contributed by atoms with Crippen LogP contribution in [0.25, 0.3) is 10.9 Å². The van der Waals surface area contributed by atoms with Crippen LogP contribution in [0.1, 0.15) is 50.2 Å². The maximum absolute atomic E-state index is 13.4. The maximum Gasteiger partial charge on any atom is 0.251 e. The number of aromatic nitrogens is 1. The van der Waals surface area contributed by atoms with Crippen LogP contribution in [0, 0.1) is 0 Å². The topological polar surface area (TPSA) is 77.2 Å². The average molecular weight is 541 g/mol. The number of amides is 2. The van der Waals surface area contributed by atoms with Crippen LogP contribution in [0.5, 0.6) is 0 Å². The van der Waals surface area contributed by atoms with E-state index in [4.69, 9.17) is 11.6 Å². The molecule has 0 spiro atoms. The highest BCUT2D eigenvalue weighted by atomic mass is 35.5. The second-order valence-electron chi connectivity index (χ2n) is 11.3. The lowest BCUT2D eigenvalue weighted by molar-refractivity contribution is 0.0878. The summed E-state index contributed by atoms with van der Waals surface area (Å²) in [6, 6.07) is 21.3. The molecule has 2 aliphatic rings. The van der Waals surface area contributed by atoms with E-state index in [1.54, 1.807) is 12.3 Å². The Kier molecular flexibility index (Phi) is 6.69. The molecule has 3 N–H and O–H groups in total. The summed E-state index contributed by atoms with van der Waals surface area (Å²) in [6.07, 6.45) is 5.39. The molecule has 2 amide bonds. The Hall–Kier alpha value is -3.61. The number of hydrogen-bond donors (Lipinski definition) is 3. The highest BCUT2D eigenvalue weighted by molar-refractivity contribution is 6.35. The molecule has 0 aliphatic heterocycles. The molecule has 6 rings (SSSR count). The van der Waals surface area contributed by atoms with Crippen molar-refractivity contribution < 1.29 is 9.59 Å². The van der Waals surface area contributed by atoms with Crippen molar-refractivity contribution in [3.05, 3.63) is 106 Å². The number of fused-ring (bicyclic) bond motifs is 2. The van der Waals surface area contributed by atoms with Gasteiger partial charge in [0.05, 0.1) is 17.1 Å². The Bertz CT molecular complexity index is 1540. The predicted octanol–water partition coefficient (Wildman–Crippen LogP) is 5.11. The first-order valence-electron chi connectivity index (χ1n) is 13.5. The molecule has 1 fully saturated rings. The number of aromatic amines is 1. The monoisotopic (exact) mass is 540 g/mol. The summed E-state index contributed by atoms with van der Waals surface area (Å²) in [5.41, 5.74) is 5.91. The third kappa shape index (κ3) is 5.19. The molecular formula is C32H33ClN4O2. The summed E-state index contributed by atoms with van der Waals surface area (Å²) < 4.78 is 0. The molecule has 6 nitrogen and oxygen atoms in total. The Morgan fingerprint density at radius 2 is 1.49 bits per heavy atom. The van der Waals surface area contributed by atoms with Gasteiger partial charge in [-0.25, -0.2) is 0 Å². The molecule has 7 heteroatoms. The third-order valence-electron chi connectivity index (χ3n) is 8.24. The minimum atomic E-state index is -0.242. The highest BCUT2D eigenvalue weighted by Gasteiger charge is 2.44. The van der Waals surface area contributed by atoms with Crippen molar-refractivity contribution in [2.75, 3.05) is 20.6 Å². The Balaban J connectivity index is 1.20. The van der Waals surface area contributed by atoms with Crippen LogP contribution in [0.3, 0.4) is 0 Å². The number of nitrogens with one attached hydrogen (secondary N) is 3. The lowest BCUT2D eigenvalue weighted by Gasteiger charge is -2.34. The molecule has 1 saturated carbocycles. The highest BCUT2D eigenvalue weighted by Crippen LogP contribution is 2.48. The Morgan fingerprint density at radius 1 is 0.897 bits per heavy atom. The first kappa shape index (κ1) is 25.7. The minimum Gasteiger partial charge on any atom is -0.360 e. The van der Waals surface area contributed by atoms with Crippen LogP contribution in [0.15, 0.2) is 72.9 Å². The van der Waals surface area contributed by atoms with Crippen LogP contribution in [-0.2, 0) is 18.3 Å². The van der Waals surface area contributed by atoms with Crippen LogP contribution >= 0.6 is 11.6 Å². The number of carbonyl (C=O) groups excluding carboxylic acids is 2. The van der Waals surface area contributed by atoms with Crippen LogP contribution in [-0.4, -0.2) is 54.4 Å². The molecule has 0 saturated heterocycles. The van der Waals surface area contributed by atoms with E-state index in [0.29, 0.717) is 29.0 Å². The van der Waals surface area contributed by atoms with Gasteiger partial charge in [-0.3, -0.25) is 9.59 Å². The van der Waals surface area contributed by atoms with Crippen LogP contribution < -0.4 is 10.6 Å². The number of carbonyl (C=O) groups is 2. The summed E-state index contributed by atoms with van der Waals surface area (Å²) in [5, 5.41) is 7.95. The molecular weight excluding hydrogens is 508 g/mol. The zero-order valence-electron chi connectivity index (χ0n) is 22.3. The normalized spacial score (nSPS) is 19.5. The molecule has 0 radical (unpaired) electrons. The lowest BCUT2D eigenvalue weighted by Crippen LogP contribution is -2.55. The summed E-state index contributed by atoms with van der Waals surface area (Å²) in [6.45, 7) is 1.02. The molecule has 3 aromatic carbocycles. The van der Waals surface area contributed by atoms with Gasteiger partial charge in [0.2, 0.25) is 0 Å². The fourth-order valence-electron chi connectivity index (χ4n) is 6.02. The first-order chi connectivity index (χ1) is 18.8. The molecule has 200 valence electrons. The fourth-order valence-corrected chi connectivity index (χ4v) is 6.24. The van der Waals surface area contributed by atoms with E-state index in [2.05, 4.69) is 58.9 Å². The van der Waals surface area contributed by atoms with E-state index in [1.165, 1.54) is 29.5 Å².